The molecule has 0 aliphatic carbocycles. The highest BCUT2D eigenvalue weighted by atomic mass is 35.5. The molecule has 0 unspecified atom stereocenters. The molecule has 0 saturated carbocycles. The minimum absolute atomic E-state index is 0.0794. The largest absolute Gasteiger partial charge is 0.356 e. The fraction of sp³-hybridized carbons (Fsp3) is 0.316. The van der Waals surface area contributed by atoms with Gasteiger partial charge in [0.05, 0.1) is 0 Å². The van der Waals surface area contributed by atoms with E-state index >= 15 is 0 Å². The Labute approximate surface area is 143 Å². The zero-order valence-corrected chi connectivity index (χ0v) is 14.2. The van der Waals surface area contributed by atoms with Crippen LogP contribution in [0.25, 0.3) is 0 Å². The minimum Gasteiger partial charge on any atom is -0.356 e. The molecule has 2 N–H and O–H groups in total. The Bertz CT molecular complexity index is 626. The van der Waals surface area contributed by atoms with Gasteiger partial charge in [-0.3, -0.25) is 4.79 Å². The molecular formula is C19H23ClN2O. The molecule has 0 aromatic heterocycles. The molecule has 1 amide bonds. The Hall–Kier alpha value is -1.84. The van der Waals surface area contributed by atoms with Gasteiger partial charge in [-0.2, -0.15) is 0 Å². The van der Waals surface area contributed by atoms with Crippen molar-refractivity contribution in [3.05, 3.63) is 70.2 Å². The van der Waals surface area contributed by atoms with Crippen LogP contribution < -0.4 is 10.6 Å². The molecule has 0 saturated heterocycles. The predicted octanol–water partition coefficient (Wildman–Crippen LogP) is 3.49. The second-order valence-corrected chi connectivity index (χ2v) is 6.08. The van der Waals surface area contributed by atoms with E-state index < -0.39 is 0 Å². The highest BCUT2D eigenvalue weighted by Gasteiger charge is 2.01. The molecule has 0 heterocycles. The van der Waals surface area contributed by atoms with Crippen LogP contribution in [-0.2, 0) is 17.8 Å². The maximum absolute atomic E-state index is 11.8. The van der Waals surface area contributed by atoms with Gasteiger partial charge in [-0.1, -0.05) is 53.6 Å². The third-order valence-electron chi connectivity index (χ3n) is 3.59. The Morgan fingerprint density at radius 2 is 1.83 bits per heavy atom. The van der Waals surface area contributed by atoms with E-state index in [1.807, 2.05) is 24.3 Å². The van der Waals surface area contributed by atoms with Crippen LogP contribution in [0.5, 0.6) is 0 Å². The summed E-state index contributed by atoms with van der Waals surface area (Å²) in [5, 5.41) is 6.97. The molecule has 2 rings (SSSR count). The van der Waals surface area contributed by atoms with Gasteiger partial charge >= 0.3 is 0 Å². The summed E-state index contributed by atoms with van der Waals surface area (Å²) < 4.78 is 0. The average molecular weight is 331 g/mol. The number of hydrogen-bond acceptors (Lipinski definition) is 2. The van der Waals surface area contributed by atoms with Gasteiger partial charge in [0, 0.05) is 31.1 Å². The smallest absolute Gasteiger partial charge is 0.221 e. The van der Waals surface area contributed by atoms with Crippen LogP contribution in [0.3, 0.4) is 0 Å². The summed E-state index contributed by atoms with van der Waals surface area (Å²) in [5.74, 6) is 0.0794. The lowest BCUT2D eigenvalue weighted by molar-refractivity contribution is -0.120. The van der Waals surface area contributed by atoms with Gasteiger partial charge in [0.2, 0.25) is 5.91 Å². The van der Waals surface area contributed by atoms with E-state index in [0.717, 1.165) is 18.0 Å². The standard InChI is InChI=1S/C19H23ClN2O/c1-15-3-2-4-17(13-15)14-21-11-10-19(23)22-12-9-16-5-7-18(20)8-6-16/h2-8,13,21H,9-12,14H2,1H3,(H,22,23). The van der Waals surface area contributed by atoms with Crippen LogP contribution in [0.15, 0.2) is 48.5 Å². The normalized spacial score (nSPS) is 10.5. The molecule has 122 valence electrons. The maximum atomic E-state index is 11.8. The van der Waals surface area contributed by atoms with Gasteiger partial charge in [-0.05, 0) is 36.6 Å². The van der Waals surface area contributed by atoms with Crippen molar-refractivity contribution in [2.75, 3.05) is 13.1 Å². The Morgan fingerprint density at radius 3 is 2.57 bits per heavy atom. The molecule has 0 bridgehead atoms. The Kier molecular flexibility index (Phi) is 7.11. The number of carbonyl (C=O) groups is 1. The molecule has 0 atom stereocenters. The van der Waals surface area contributed by atoms with E-state index in [9.17, 15) is 4.79 Å². The van der Waals surface area contributed by atoms with Gasteiger partial charge in [0.1, 0.15) is 0 Å². The number of amides is 1. The molecule has 23 heavy (non-hydrogen) atoms. The highest BCUT2D eigenvalue weighted by Crippen LogP contribution is 2.09. The van der Waals surface area contributed by atoms with Crippen LogP contribution in [0.2, 0.25) is 5.02 Å². The number of rotatable bonds is 8. The molecule has 4 heteroatoms. The van der Waals surface area contributed by atoms with Crippen molar-refractivity contribution < 1.29 is 4.79 Å². The number of halogens is 1. The lowest BCUT2D eigenvalue weighted by Gasteiger charge is -2.07. The molecule has 0 aliphatic rings. The van der Waals surface area contributed by atoms with Crippen molar-refractivity contribution >= 4 is 17.5 Å². The third-order valence-corrected chi connectivity index (χ3v) is 3.84. The van der Waals surface area contributed by atoms with Crippen LogP contribution in [0, 0.1) is 6.92 Å². The second-order valence-electron chi connectivity index (χ2n) is 5.64. The average Bonchev–Trinajstić information content (AvgIpc) is 2.54. The lowest BCUT2D eigenvalue weighted by Crippen LogP contribution is -2.29. The summed E-state index contributed by atoms with van der Waals surface area (Å²) in [6, 6.07) is 16.1. The number of aryl methyl sites for hydroxylation is 1. The number of carbonyl (C=O) groups excluding carboxylic acids is 1. The predicted molar refractivity (Wildman–Crippen MR) is 95.7 cm³/mol. The van der Waals surface area contributed by atoms with Crippen molar-refractivity contribution in [1.82, 2.24) is 10.6 Å². The number of hydrogen-bond donors (Lipinski definition) is 2. The van der Waals surface area contributed by atoms with Gasteiger partial charge in [0.15, 0.2) is 0 Å². The summed E-state index contributed by atoms with van der Waals surface area (Å²) in [5.41, 5.74) is 3.67. The Balaban J connectivity index is 1.57. The summed E-state index contributed by atoms with van der Waals surface area (Å²) in [6.45, 7) is 4.20. The topological polar surface area (TPSA) is 41.1 Å². The second kappa shape index (κ2) is 9.33. The van der Waals surface area contributed by atoms with E-state index in [4.69, 9.17) is 11.6 Å². The maximum Gasteiger partial charge on any atom is 0.221 e. The molecule has 3 nitrogen and oxygen atoms in total. The van der Waals surface area contributed by atoms with Gasteiger partial charge < -0.3 is 10.6 Å². The molecule has 0 fully saturated rings. The fourth-order valence-electron chi connectivity index (χ4n) is 2.34. The van der Waals surface area contributed by atoms with Gasteiger partial charge in [-0.25, -0.2) is 0 Å². The first-order valence-corrected chi connectivity index (χ1v) is 8.29. The van der Waals surface area contributed by atoms with Crippen molar-refractivity contribution in [3.63, 3.8) is 0 Å². The Morgan fingerprint density at radius 1 is 1.04 bits per heavy atom. The summed E-state index contributed by atoms with van der Waals surface area (Å²) >= 11 is 5.84. The van der Waals surface area contributed by atoms with E-state index in [1.54, 1.807) is 0 Å². The zero-order chi connectivity index (χ0) is 16.5. The van der Waals surface area contributed by atoms with Crippen LogP contribution in [0.1, 0.15) is 23.1 Å². The monoisotopic (exact) mass is 330 g/mol. The van der Waals surface area contributed by atoms with E-state index in [0.29, 0.717) is 19.5 Å². The first kappa shape index (κ1) is 17.5. The first-order chi connectivity index (χ1) is 11.1. The van der Waals surface area contributed by atoms with Crippen molar-refractivity contribution in [1.29, 1.82) is 0 Å². The van der Waals surface area contributed by atoms with Crippen molar-refractivity contribution in [2.24, 2.45) is 0 Å². The van der Waals surface area contributed by atoms with Gasteiger partial charge in [0.25, 0.3) is 0 Å². The molecule has 0 radical (unpaired) electrons. The zero-order valence-electron chi connectivity index (χ0n) is 13.4. The number of benzene rings is 2. The SMILES string of the molecule is Cc1cccc(CNCCC(=O)NCCc2ccc(Cl)cc2)c1. The summed E-state index contributed by atoms with van der Waals surface area (Å²) in [7, 11) is 0. The molecular weight excluding hydrogens is 308 g/mol. The third kappa shape index (κ3) is 6.85. The van der Waals surface area contributed by atoms with Crippen LogP contribution >= 0.6 is 11.6 Å². The van der Waals surface area contributed by atoms with Crippen molar-refractivity contribution in [3.8, 4) is 0 Å². The van der Waals surface area contributed by atoms with E-state index in [2.05, 4.69) is 41.8 Å². The quantitative estimate of drug-likeness (QED) is 0.727. The van der Waals surface area contributed by atoms with E-state index in [-0.39, 0.29) is 5.91 Å². The van der Waals surface area contributed by atoms with Crippen LogP contribution in [-0.4, -0.2) is 19.0 Å². The lowest BCUT2D eigenvalue weighted by atomic mass is 10.1. The summed E-state index contributed by atoms with van der Waals surface area (Å²) in [6.07, 6.45) is 1.31. The molecule has 2 aromatic carbocycles. The minimum atomic E-state index is 0.0794. The number of nitrogens with one attached hydrogen (secondary N) is 2. The molecule has 0 aliphatic heterocycles. The molecule has 2 aromatic rings. The van der Waals surface area contributed by atoms with Crippen molar-refractivity contribution in [2.45, 2.75) is 26.3 Å². The highest BCUT2D eigenvalue weighted by molar-refractivity contribution is 6.30. The summed E-state index contributed by atoms with van der Waals surface area (Å²) in [4.78, 5) is 11.8. The van der Waals surface area contributed by atoms with Gasteiger partial charge in [-0.15, -0.1) is 0 Å². The first-order valence-electron chi connectivity index (χ1n) is 7.91. The molecule has 0 spiro atoms. The van der Waals surface area contributed by atoms with Crippen LogP contribution in [0.4, 0.5) is 0 Å². The van der Waals surface area contributed by atoms with E-state index in [1.165, 1.54) is 16.7 Å². The fourth-order valence-corrected chi connectivity index (χ4v) is 2.47.